The number of halogens is 4. The minimum atomic E-state index is -4.58. The zero-order valence-corrected chi connectivity index (χ0v) is 16.5. The monoisotopic (exact) mass is 422 g/mol. The molecule has 1 fully saturated rings. The van der Waals surface area contributed by atoms with E-state index in [-0.39, 0.29) is 24.0 Å². The highest BCUT2D eigenvalue weighted by atomic mass is 35.5. The maximum Gasteiger partial charge on any atom is 0.417 e. The molecule has 0 aliphatic carbocycles. The van der Waals surface area contributed by atoms with Crippen molar-refractivity contribution in [2.24, 2.45) is 0 Å². The number of piperazine rings is 1. The lowest BCUT2D eigenvalue weighted by Crippen LogP contribution is -3.28. The number of nitrogens with one attached hydrogen (secondary N) is 4. The van der Waals surface area contributed by atoms with E-state index in [1.807, 2.05) is 6.92 Å². The van der Waals surface area contributed by atoms with Gasteiger partial charge in [0.2, 0.25) is 0 Å². The van der Waals surface area contributed by atoms with Crippen LogP contribution < -0.4 is 20.4 Å². The quantitative estimate of drug-likeness (QED) is 0.483. The summed E-state index contributed by atoms with van der Waals surface area (Å²) in [6, 6.07) is 3.31. The van der Waals surface area contributed by atoms with Gasteiger partial charge in [-0.1, -0.05) is 18.5 Å². The van der Waals surface area contributed by atoms with Crippen LogP contribution in [0.3, 0.4) is 0 Å². The van der Waals surface area contributed by atoms with Gasteiger partial charge in [-0.15, -0.1) is 0 Å². The van der Waals surface area contributed by atoms with Crippen molar-refractivity contribution in [3.05, 3.63) is 28.8 Å². The van der Waals surface area contributed by atoms with Crippen molar-refractivity contribution in [3.63, 3.8) is 0 Å². The lowest BCUT2D eigenvalue weighted by Gasteiger charge is -2.29. The summed E-state index contributed by atoms with van der Waals surface area (Å²) in [5.74, 6) is -0.323. The minimum absolute atomic E-state index is 0.0289. The third-order valence-electron chi connectivity index (χ3n) is 4.61. The van der Waals surface area contributed by atoms with Gasteiger partial charge in [-0.25, -0.2) is 0 Å². The van der Waals surface area contributed by atoms with Gasteiger partial charge in [0.25, 0.3) is 11.8 Å². The Morgan fingerprint density at radius 1 is 1.07 bits per heavy atom. The van der Waals surface area contributed by atoms with Crippen LogP contribution in [0.25, 0.3) is 0 Å². The fourth-order valence-corrected chi connectivity index (χ4v) is 3.34. The molecular formula is C18H26ClF3N4O2+2. The summed E-state index contributed by atoms with van der Waals surface area (Å²) in [4.78, 5) is 26.2. The summed E-state index contributed by atoms with van der Waals surface area (Å²) < 4.78 is 38.7. The van der Waals surface area contributed by atoms with Crippen LogP contribution in [0, 0.1) is 0 Å². The Morgan fingerprint density at radius 3 is 2.18 bits per heavy atom. The summed E-state index contributed by atoms with van der Waals surface area (Å²) >= 11 is 5.58. The molecule has 1 aromatic rings. The molecule has 0 radical (unpaired) electrons. The average molecular weight is 423 g/mol. The largest absolute Gasteiger partial charge is 0.417 e. The van der Waals surface area contributed by atoms with E-state index in [1.165, 1.54) is 11.0 Å². The predicted molar refractivity (Wildman–Crippen MR) is 99.5 cm³/mol. The highest BCUT2D eigenvalue weighted by molar-refractivity contribution is 6.31. The molecule has 1 aromatic carbocycles. The standard InChI is InChI=1S/C18H24ClF3N4O2/c1-2-5-23-16(27)11-25-6-8-26(9-7-25)12-17(28)24-13-3-4-15(19)14(10-13)18(20,21)22/h3-4,10H,2,5-9,11-12H2,1H3,(H,23,27)(H,24,28)/p+2. The first kappa shape index (κ1) is 22.4. The van der Waals surface area contributed by atoms with Crippen molar-refractivity contribution in [2.45, 2.75) is 19.5 Å². The number of alkyl halides is 3. The third kappa shape index (κ3) is 6.96. The van der Waals surface area contributed by atoms with E-state index in [2.05, 4.69) is 10.6 Å². The van der Waals surface area contributed by atoms with E-state index in [1.54, 1.807) is 0 Å². The molecule has 1 saturated heterocycles. The van der Waals surface area contributed by atoms with E-state index in [4.69, 9.17) is 11.6 Å². The second kappa shape index (κ2) is 10.1. The molecule has 2 amide bonds. The first-order valence-electron chi connectivity index (χ1n) is 9.29. The smallest absolute Gasteiger partial charge is 0.351 e. The van der Waals surface area contributed by atoms with Gasteiger partial charge >= 0.3 is 6.18 Å². The predicted octanol–water partition coefficient (Wildman–Crippen LogP) is -0.393. The molecule has 4 N–H and O–H groups in total. The zero-order valence-electron chi connectivity index (χ0n) is 15.7. The molecule has 28 heavy (non-hydrogen) atoms. The van der Waals surface area contributed by atoms with E-state index >= 15 is 0 Å². The van der Waals surface area contributed by atoms with Gasteiger partial charge in [-0.3, -0.25) is 9.59 Å². The van der Waals surface area contributed by atoms with Gasteiger partial charge < -0.3 is 20.4 Å². The van der Waals surface area contributed by atoms with Gasteiger partial charge in [-0.2, -0.15) is 13.2 Å². The first-order chi connectivity index (χ1) is 13.2. The summed E-state index contributed by atoms with van der Waals surface area (Å²) in [6.45, 7) is 6.22. The first-order valence-corrected chi connectivity index (χ1v) is 9.67. The Kier molecular flexibility index (Phi) is 8.09. The highest BCUT2D eigenvalue weighted by Gasteiger charge is 2.33. The van der Waals surface area contributed by atoms with E-state index in [9.17, 15) is 22.8 Å². The lowest BCUT2D eigenvalue weighted by molar-refractivity contribution is -1.00. The molecule has 6 nitrogen and oxygen atoms in total. The van der Waals surface area contributed by atoms with Crippen molar-refractivity contribution in [2.75, 3.05) is 51.1 Å². The average Bonchev–Trinajstić information content (AvgIpc) is 2.62. The maximum atomic E-state index is 12.9. The fourth-order valence-electron chi connectivity index (χ4n) is 3.12. The summed E-state index contributed by atoms with van der Waals surface area (Å²) in [7, 11) is 0. The zero-order chi connectivity index (χ0) is 20.7. The van der Waals surface area contributed by atoms with E-state index in [0.29, 0.717) is 13.1 Å². The second-order valence-corrected chi connectivity index (χ2v) is 7.35. The number of amides is 2. The molecule has 0 aromatic heterocycles. The number of hydrogen-bond donors (Lipinski definition) is 4. The van der Waals surface area contributed by atoms with Crippen LogP contribution in [-0.2, 0) is 15.8 Å². The molecule has 10 heteroatoms. The topological polar surface area (TPSA) is 67.1 Å². The van der Waals surface area contributed by atoms with Crippen LogP contribution in [0.4, 0.5) is 18.9 Å². The summed E-state index contributed by atoms with van der Waals surface area (Å²) in [6.07, 6.45) is -3.68. The second-order valence-electron chi connectivity index (χ2n) is 6.94. The molecule has 1 aliphatic rings. The van der Waals surface area contributed by atoms with Gasteiger partial charge in [0, 0.05) is 12.2 Å². The van der Waals surface area contributed by atoms with Gasteiger partial charge in [0.15, 0.2) is 13.1 Å². The number of quaternary nitrogens is 2. The molecule has 156 valence electrons. The van der Waals surface area contributed by atoms with Crippen LogP contribution in [0.5, 0.6) is 0 Å². The maximum absolute atomic E-state index is 12.9. The fraction of sp³-hybridized carbons (Fsp3) is 0.556. The van der Waals surface area contributed by atoms with Gasteiger partial charge in [-0.05, 0) is 24.6 Å². The molecule has 1 heterocycles. The SMILES string of the molecule is CCCNC(=O)C[NH+]1CC[NH+](CC(=O)Nc2ccc(Cl)c(C(F)(F)F)c2)CC1. The van der Waals surface area contributed by atoms with Crippen LogP contribution in [0.1, 0.15) is 18.9 Å². The molecule has 2 rings (SSSR count). The number of hydrogen-bond acceptors (Lipinski definition) is 2. The number of rotatable bonds is 7. The Hall–Kier alpha value is -1.84. The van der Waals surface area contributed by atoms with Crippen LogP contribution in [0.15, 0.2) is 18.2 Å². The number of benzene rings is 1. The Bertz CT molecular complexity index is 692. The minimum Gasteiger partial charge on any atom is -0.351 e. The number of carbonyl (C=O) groups excluding carboxylic acids is 2. The normalized spacial score (nSPS) is 19.9. The molecule has 0 atom stereocenters. The Balaban J connectivity index is 1.80. The van der Waals surface area contributed by atoms with E-state index in [0.717, 1.165) is 49.6 Å². The molecule has 1 aliphatic heterocycles. The van der Waals surface area contributed by atoms with Gasteiger partial charge in [0.1, 0.15) is 26.2 Å². The van der Waals surface area contributed by atoms with Crippen LogP contribution in [-0.4, -0.2) is 57.6 Å². The van der Waals surface area contributed by atoms with Crippen molar-refractivity contribution in [3.8, 4) is 0 Å². The Labute approximate surface area is 167 Å². The molecule has 0 spiro atoms. The van der Waals surface area contributed by atoms with Crippen molar-refractivity contribution < 1.29 is 32.6 Å². The number of anilines is 1. The lowest BCUT2D eigenvalue weighted by atomic mass is 10.2. The molecule has 0 saturated carbocycles. The summed E-state index contributed by atoms with van der Waals surface area (Å²) in [5.41, 5.74) is -0.907. The van der Waals surface area contributed by atoms with Crippen molar-refractivity contribution >= 4 is 29.1 Å². The molecule has 0 bridgehead atoms. The van der Waals surface area contributed by atoms with Crippen molar-refractivity contribution in [1.82, 2.24) is 5.32 Å². The van der Waals surface area contributed by atoms with Crippen LogP contribution >= 0.6 is 11.6 Å². The summed E-state index contributed by atoms with van der Waals surface area (Å²) in [5, 5.41) is 4.95. The highest BCUT2D eigenvalue weighted by Crippen LogP contribution is 2.36. The molecule has 0 unspecified atom stereocenters. The van der Waals surface area contributed by atoms with Crippen LogP contribution in [0.2, 0.25) is 5.02 Å². The number of carbonyl (C=O) groups is 2. The van der Waals surface area contributed by atoms with E-state index < -0.39 is 16.8 Å². The third-order valence-corrected chi connectivity index (χ3v) is 4.94. The van der Waals surface area contributed by atoms with Crippen molar-refractivity contribution in [1.29, 1.82) is 0 Å². The van der Waals surface area contributed by atoms with Gasteiger partial charge in [0.05, 0.1) is 10.6 Å². The molecular weight excluding hydrogens is 397 g/mol. The Morgan fingerprint density at radius 2 is 1.64 bits per heavy atom.